The number of nitro groups is 1. The van der Waals surface area contributed by atoms with Crippen LogP contribution in [0.15, 0.2) is 35.2 Å². The molecule has 0 N–H and O–H groups in total. The number of carbonyl (C=O) groups excluding carboxylic acids is 2. The minimum absolute atomic E-state index is 0.00341. The van der Waals surface area contributed by atoms with Gasteiger partial charge in [0.2, 0.25) is 5.78 Å². The largest absolute Gasteiger partial charge is 0.457 e. The van der Waals surface area contributed by atoms with Crippen LogP contribution in [0, 0.1) is 24.0 Å². The third-order valence-corrected chi connectivity index (χ3v) is 5.45. The normalized spacial score (nSPS) is 13.4. The number of rotatable bonds is 8. The van der Waals surface area contributed by atoms with E-state index in [1.165, 1.54) is 23.9 Å². The predicted octanol–water partition coefficient (Wildman–Crippen LogP) is 3.87. The van der Waals surface area contributed by atoms with Gasteiger partial charge in [0.25, 0.3) is 5.69 Å². The SMILES string of the molecule is Cc1cc(C(=O)COC(=O)CSc2ccc([N+](=O)[O-])cc2)c(C)n1C1CC1. The first kappa shape index (κ1) is 19.2. The molecule has 1 aliphatic rings. The summed E-state index contributed by atoms with van der Waals surface area (Å²) >= 11 is 1.21. The predicted molar refractivity (Wildman–Crippen MR) is 101 cm³/mol. The summed E-state index contributed by atoms with van der Waals surface area (Å²) in [5.74, 6) is -0.669. The number of hydrogen-bond acceptors (Lipinski definition) is 6. The average Bonchev–Trinajstić information content (AvgIpc) is 3.43. The van der Waals surface area contributed by atoms with Gasteiger partial charge in [0.1, 0.15) is 0 Å². The number of nitrogens with zero attached hydrogens (tertiary/aromatic N) is 2. The number of non-ortho nitro benzene ring substituents is 1. The highest BCUT2D eigenvalue weighted by Gasteiger charge is 2.28. The molecule has 0 bridgehead atoms. The van der Waals surface area contributed by atoms with Gasteiger partial charge in [0, 0.05) is 40.0 Å². The lowest BCUT2D eigenvalue weighted by Gasteiger charge is -2.08. The van der Waals surface area contributed by atoms with E-state index in [1.807, 2.05) is 19.9 Å². The number of Topliss-reactive ketones (excluding diaryl/α,β-unsaturated/α-hetero) is 1. The van der Waals surface area contributed by atoms with Gasteiger partial charge in [-0.3, -0.25) is 19.7 Å². The zero-order valence-corrected chi connectivity index (χ0v) is 16.0. The fourth-order valence-electron chi connectivity index (χ4n) is 3.03. The molecule has 1 saturated carbocycles. The van der Waals surface area contributed by atoms with Crippen molar-refractivity contribution in [2.45, 2.75) is 37.6 Å². The van der Waals surface area contributed by atoms with Crippen molar-refractivity contribution in [2.75, 3.05) is 12.4 Å². The summed E-state index contributed by atoms with van der Waals surface area (Å²) in [4.78, 5) is 35.2. The monoisotopic (exact) mass is 388 g/mol. The Morgan fingerprint density at radius 3 is 2.52 bits per heavy atom. The molecular formula is C19H20N2O5S. The van der Waals surface area contributed by atoms with E-state index in [1.54, 1.807) is 12.1 Å². The van der Waals surface area contributed by atoms with E-state index in [4.69, 9.17) is 4.74 Å². The Hall–Kier alpha value is -2.61. The highest BCUT2D eigenvalue weighted by molar-refractivity contribution is 8.00. The van der Waals surface area contributed by atoms with Crippen molar-refractivity contribution in [3.8, 4) is 0 Å². The molecule has 3 rings (SSSR count). The fourth-order valence-corrected chi connectivity index (χ4v) is 3.72. The standard InChI is InChI=1S/C19H20N2O5S/c1-12-9-17(13(2)20(12)14-3-4-14)18(22)10-26-19(23)11-27-16-7-5-15(6-8-16)21(24)25/h5-9,14H,3-4,10-11H2,1-2H3. The molecular weight excluding hydrogens is 368 g/mol. The van der Waals surface area contributed by atoms with E-state index in [9.17, 15) is 19.7 Å². The Bertz CT molecular complexity index is 884. The second kappa shape index (κ2) is 7.96. The molecule has 1 aromatic carbocycles. The van der Waals surface area contributed by atoms with Gasteiger partial charge < -0.3 is 9.30 Å². The summed E-state index contributed by atoms with van der Waals surface area (Å²) in [6.07, 6.45) is 2.28. The van der Waals surface area contributed by atoms with Gasteiger partial charge in [-0.15, -0.1) is 11.8 Å². The number of thioether (sulfide) groups is 1. The molecule has 1 aromatic heterocycles. The summed E-state index contributed by atoms with van der Waals surface area (Å²) in [6.45, 7) is 3.62. The van der Waals surface area contributed by atoms with Gasteiger partial charge in [-0.2, -0.15) is 0 Å². The third kappa shape index (κ3) is 4.57. The molecule has 0 unspecified atom stereocenters. The zero-order valence-electron chi connectivity index (χ0n) is 15.1. The lowest BCUT2D eigenvalue weighted by atomic mass is 10.1. The lowest BCUT2D eigenvalue weighted by Crippen LogP contribution is -2.16. The number of ether oxygens (including phenoxy) is 1. The quantitative estimate of drug-likeness (QED) is 0.224. The van der Waals surface area contributed by atoms with Crippen LogP contribution in [0.1, 0.15) is 40.6 Å². The van der Waals surface area contributed by atoms with Crippen LogP contribution in [0.3, 0.4) is 0 Å². The molecule has 0 radical (unpaired) electrons. The Morgan fingerprint density at radius 1 is 1.26 bits per heavy atom. The maximum Gasteiger partial charge on any atom is 0.316 e. The van der Waals surface area contributed by atoms with Crippen LogP contribution in [0.5, 0.6) is 0 Å². The maximum absolute atomic E-state index is 12.4. The topological polar surface area (TPSA) is 91.4 Å². The summed E-state index contributed by atoms with van der Waals surface area (Å²) in [5.41, 5.74) is 2.58. The van der Waals surface area contributed by atoms with Crippen LogP contribution < -0.4 is 0 Å². The zero-order chi connectivity index (χ0) is 19.6. The number of carbonyl (C=O) groups is 2. The fraction of sp³-hybridized carbons (Fsp3) is 0.368. The van der Waals surface area contributed by atoms with E-state index in [-0.39, 0.29) is 23.8 Å². The lowest BCUT2D eigenvalue weighted by molar-refractivity contribution is -0.384. The van der Waals surface area contributed by atoms with Crippen LogP contribution in [-0.4, -0.2) is 33.6 Å². The van der Waals surface area contributed by atoms with Crippen LogP contribution in [0.2, 0.25) is 0 Å². The highest BCUT2D eigenvalue weighted by atomic mass is 32.2. The second-order valence-electron chi connectivity index (χ2n) is 6.51. The Kier molecular flexibility index (Phi) is 5.65. The van der Waals surface area contributed by atoms with Crippen molar-refractivity contribution < 1.29 is 19.2 Å². The van der Waals surface area contributed by atoms with Gasteiger partial charge in [-0.05, 0) is 44.9 Å². The molecule has 0 spiro atoms. The van der Waals surface area contributed by atoms with E-state index in [2.05, 4.69) is 4.57 Å². The number of aromatic nitrogens is 1. The Morgan fingerprint density at radius 2 is 1.93 bits per heavy atom. The van der Waals surface area contributed by atoms with Gasteiger partial charge >= 0.3 is 5.97 Å². The number of benzene rings is 1. The van der Waals surface area contributed by atoms with Gasteiger partial charge in [-0.25, -0.2) is 0 Å². The molecule has 0 atom stereocenters. The van der Waals surface area contributed by atoms with Gasteiger partial charge in [-0.1, -0.05) is 0 Å². The van der Waals surface area contributed by atoms with Gasteiger partial charge in [0.15, 0.2) is 6.61 Å². The minimum Gasteiger partial charge on any atom is -0.457 e. The van der Waals surface area contributed by atoms with Crippen molar-refractivity contribution in [3.63, 3.8) is 0 Å². The number of nitro benzene ring substituents is 1. The maximum atomic E-state index is 12.4. The van der Waals surface area contributed by atoms with Crippen LogP contribution >= 0.6 is 11.8 Å². The van der Waals surface area contributed by atoms with Crippen LogP contribution in [0.4, 0.5) is 5.69 Å². The summed E-state index contributed by atoms with van der Waals surface area (Å²) in [6, 6.07) is 8.27. The molecule has 8 heteroatoms. The van der Waals surface area contributed by atoms with Crippen molar-refractivity contribution in [1.29, 1.82) is 0 Å². The Balaban J connectivity index is 1.49. The first-order chi connectivity index (χ1) is 12.9. The molecule has 7 nitrogen and oxygen atoms in total. The highest BCUT2D eigenvalue weighted by Crippen LogP contribution is 2.38. The molecule has 2 aromatic rings. The number of aryl methyl sites for hydroxylation is 1. The summed E-state index contributed by atoms with van der Waals surface area (Å²) < 4.78 is 7.28. The first-order valence-electron chi connectivity index (χ1n) is 8.61. The van der Waals surface area contributed by atoms with E-state index in [0.29, 0.717) is 11.6 Å². The third-order valence-electron chi connectivity index (χ3n) is 4.47. The van der Waals surface area contributed by atoms with Gasteiger partial charge in [0.05, 0.1) is 10.7 Å². The molecule has 1 aliphatic carbocycles. The molecule has 27 heavy (non-hydrogen) atoms. The molecule has 1 heterocycles. The van der Waals surface area contributed by atoms with Crippen molar-refractivity contribution in [1.82, 2.24) is 4.57 Å². The van der Waals surface area contributed by atoms with Crippen LogP contribution in [0.25, 0.3) is 0 Å². The molecule has 0 aliphatic heterocycles. The first-order valence-corrected chi connectivity index (χ1v) is 9.60. The average molecular weight is 388 g/mol. The van der Waals surface area contributed by atoms with Crippen molar-refractivity contribution >= 4 is 29.2 Å². The number of esters is 1. The second-order valence-corrected chi connectivity index (χ2v) is 7.56. The summed E-state index contributed by atoms with van der Waals surface area (Å²) in [7, 11) is 0. The van der Waals surface area contributed by atoms with E-state index < -0.39 is 10.9 Å². The smallest absolute Gasteiger partial charge is 0.316 e. The molecule has 1 fully saturated rings. The molecule has 142 valence electrons. The van der Waals surface area contributed by atoms with Crippen molar-refractivity contribution in [3.05, 3.63) is 57.4 Å². The molecule has 0 saturated heterocycles. The van der Waals surface area contributed by atoms with Crippen LogP contribution in [-0.2, 0) is 9.53 Å². The Labute approximate surface area is 160 Å². The summed E-state index contributed by atoms with van der Waals surface area (Å²) in [5, 5.41) is 10.6. The number of hydrogen-bond donors (Lipinski definition) is 0. The van der Waals surface area contributed by atoms with E-state index >= 15 is 0 Å². The molecule has 0 amide bonds. The number of ketones is 1. The van der Waals surface area contributed by atoms with E-state index in [0.717, 1.165) is 29.1 Å². The minimum atomic E-state index is -0.497. The van der Waals surface area contributed by atoms with Crippen molar-refractivity contribution in [2.24, 2.45) is 0 Å².